The molecule has 11 heteroatoms. The Morgan fingerprint density at radius 2 is 1.96 bits per heavy atom. The zero-order valence-corrected chi connectivity index (χ0v) is 15.6. The molecule has 0 spiro atoms. The van der Waals surface area contributed by atoms with Crippen LogP contribution in [0.5, 0.6) is 11.5 Å². The molecule has 2 heterocycles. The third kappa shape index (κ3) is 3.81. The number of nitrogens with zero attached hydrogens (tertiary/aromatic N) is 5. The van der Waals surface area contributed by atoms with Gasteiger partial charge in [0.2, 0.25) is 11.6 Å². The first kappa shape index (κ1) is 18.9. The lowest BCUT2D eigenvalue weighted by molar-refractivity contribution is 0.298. The summed E-state index contributed by atoms with van der Waals surface area (Å²) in [4.78, 5) is 10.7. The number of rotatable bonds is 7. The molecule has 3 aromatic rings. The highest BCUT2D eigenvalue weighted by molar-refractivity contribution is 6.32. The number of aliphatic hydroxyl groups is 1. The second-order valence-electron chi connectivity index (χ2n) is 6.14. The first-order valence-electron chi connectivity index (χ1n) is 8.31. The van der Waals surface area contributed by atoms with E-state index in [1.807, 2.05) is 18.7 Å². The number of aromatic nitrogens is 5. The fourth-order valence-electron chi connectivity index (χ4n) is 2.60. The Balaban J connectivity index is 1.94. The number of benzene rings is 1. The number of hydrogen-bond acceptors (Lipinski definition) is 9. The molecule has 2 aromatic heterocycles. The van der Waals surface area contributed by atoms with Crippen LogP contribution in [0, 0.1) is 0 Å². The fourth-order valence-corrected chi connectivity index (χ4v) is 2.75. The van der Waals surface area contributed by atoms with Gasteiger partial charge in [0.05, 0.1) is 11.6 Å². The quantitative estimate of drug-likeness (QED) is 0.378. The summed E-state index contributed by atoms with van der Waals surface area (Å²) in [6, 6.07) is 3.15. The van der Waals surface area contributed by atoms with Crippen molar-refractivity contribution in [1.82, 2.24) is 25.4 Å². The SMILES string of the molecule is CC(C)N(CCO)c1nc(NCc2ccc(Cl)c(O)c2O)c2n[nH]nc2n1. The Kier molecular flexibility index (Phi) is 5.47. The van der Waals surface area contributed by atoms with Gasteiger partial charge in [0.25, 0.3) is 0 Å². The van der Waals surface area contributed by atoms with Crippen molar-refractivity contribution in [1.29, 1.82) is 0 Å². The zero-order chi connectivity index (χ0) is 19.6. The smallest absolute Gasteiger partial charge is 0.229 e. The lowest BCUT2D eigenvalue weighted by Gasteiger charge is -2.26. The molecule has 144 valence electrons. The van der Waals surface area contributed by atoms with E-state index in [0.717, 1.165) is 0 Å². The van der Waals surface area contributed by atoms with Crippen LogP contribution < -0.4 is 10.2 Å². The molecule has 10 nitrogen and oxygen atoms in total. The van der Waals surface area contributed by atoms with Crippen LogP contribution in [0.25, 0.3) is 11.2 Å². The second kappa shape index (κ2) is 7.80. The number of aliphatic hydroxyl groups excluding tert-OH is 1. The third-order valence-corrected chi connectivity index (χ3v) is 4.33. The first-order valence-corrected chi connectivity index (χ1v) is 8.69. The minimum absolute atomic E-state index is 0.0426. The Labute approximate surface area is 159 Å². The molecule has 0 radical (unpaired) electrons. The van der Waals surface area contributed by atoms with Crippen molar-refractivity contribution < 1.29 is 15.3 Å². The van der Waals surface area contributed by atoms with E-state index >= 15 is 0 Å². The van der Waals surface area contributed by atoms with Gasteiger partial charge < -0.3 is 25.5 Å². The lowest BCUT2D eigenvalue weighted by Crippen LogP contribution is -2.35. The summed E-state index contributed by atoms with van der Waals surface area (Å²) in [6.45, 7) is 4.42. The summed E-state index contributed by atoms with van der Waals surface area (Å²) >= 11 is 5.78. The van der Waals surface area contributed by atoms with E-state index in [9.17, 15) is 15.3 Å². The monoisotopic (exact) mass is 393 g/mol. The Hall–Kier alpha value is -2.85. The van der Waals surface area contributed by atoms with Gasteiger partial charge in [-0.25, -0.2) is 0 Å². The Bertz CT molecular complexity index is 947. The first-order chi connectivity index (χ1) is 12.9. The normalized spacial score (nSPS) is 11.3. The largest absolute Gasteiger partial charge is 0.504 e. The van der Waals surface area contributed by atoms with Crippen LogP contribution in [-0.4, -0.2) is 59.9 Å². The van der Waals surface area contributed by atoms with Crippen molar-refractivity contribution in [2.24, 2.45) is 0 Å². The zero-order valence-electron chi connectivity index (χ0n) is 14.8. The van der Waals surface area contributed by atoms with Gasteiger partial charge in [-0.05, 0) is 19.9 Å². The number of halogens is 1. The van der Waals surface area contributed by atoms with E-state index in [1.54, 1.807) is 6.07 Å². The van der Waals surface area contributed by atoms with Crippen molar-refractivity contribution in [3.63, 3.8) is 0 Å². The van der Waals surface area contributed by atoms with Crippen LogP contribution in [0.15, 0.2) is 12.1 Å². The molecule has 0 saturated heterocycles. The Morgan fingerprint density at radius 1 is 1.19 bits per heavy atom. The van der Waals surface area contributed by atoms with Gasteiger partial charge in [-0.15, -0.1) is 5.10 Å². The summed E-state index contributed by atoms with van der Waals surface area (Å²) in [7, 11) is 0. The minimum atomic E-state index is -0.375. The lowest BCUT2D eigenvalue weighted by atomic mass is 10.2. The molecule has 27 heavy (non-hydrogen) atoms. The van der Waals surface area contributed by atoms with Gasteiger partial charge in [0, 0.05) is 24.7 Å². The van der Waals surface area contributed by atoms with Crippen LogP contribution >= 0.6 is 11.6 Å². The molecule has 0 atom stereocenters. The number of fused-ring (bicyclic) bond motifs is 1. The van der Waals surface area contributed by atoms with Crippen LogP contribution in [-0.2, 0) is 6.54 Å². The average molecular weight is 394 g/mol. The number of anilines is 2. The second-order valence-corrected chi connectivity index (χ2v) is 6.54. The summed E-state index contributed by atoms with van der Waals surface area (Å²) in [5.41, 5.74) is 1.24. The predicted molar refractivity (Wildman–Crippen MR) is 101 cm³/mol. The van der Waals surface area contributed by atoms with Crippen molar-refractivity contribution in [2.75, 3.05) is 23.4 Å². The number of nitrogens with one attached hydrogen (secondary N) is 2. The number of phenolic OH excluding ortho intramolecular Hbond substituents is 2. The fraction of sp³-hybridized carbons (Fsp3) is 0.375. The molecule has 0 fully saturated rings. The summed E-state index contributed by atoms with van der Waals surface area (Å²) in [5.74, 6) is 0.122. The molecule has 0 aliphatic carbocycles. The highest BCUT2D eigenvalue weighted by atomic mass is 35.5. The van der Waals surface area contributed by atoms with Crippen LogP contribution in [0.2, 0.25) is 5.02 Å². The molecular formula is C16H20ClN7O3. The topological polar surface area (TPSA) is 143 Å². The average Bonchev–Trinajstić information content (AvgIpc) is 3.11. The van der Waals surface area contributed by atoms with Gasteiger partial charge in [0.1, 0.15) is 0 Å². The molecule has 3 rings (SSSR count). The number of aromatic amines is 1. The molecular weight excluding hydrogens is 374 g/mol. The number of H-pyrrole nitrogens is 1. The number of phenols is 2. The maximum Gasteiger partial charge on any atom is 0.229 e. The van der Waals surface area contributed by atoms with Gasteiger partial charge in [-0.2, -0.15) is 20.3 Å². The number of hydrogen-bond donors (Lipinski definition) is 5. The predicted octanol–water partition coefficient (Wildman–Crippen LogP) is 1.63. The molecule has 0 bridgehead atoms. The number of aromatic hydroxyl groups is 2. The van der Waals surface area contributed by atoms with Crippen LogP contribution in [0.3, 0.4) is 0 Å². The minimum Gasteiger partial charge on any atom is -0.504 e. The maximum atomic E-state index is 10.0. The van der Waals surface area contributed by atoms with E-state index in [-0.39, 0.29) is 35.7 Å². The summed E-state index contributed by atoms with van der Waals surface area (Å²) in [5, 5.41) is 42.8. The van der Waals surface area contributed by atoms with Crippen molar-refractivity contribution in [3.05, 3.63) is 22.7 Å². The highest BCUT2D eigenvalue weighted by Crippen LogP contribution is 2.36. The molecule has 0 unspecified atom stereocenters. The van der Waals surface area contributed by atoms with E-state index < -0.39 is 0 Å². The van der Waals surface area contributed by atoms with Crippen LogP contribution in [0.4, 0.5) is 11.8 Å². The van der Waals surface area contributed by atoms with E-state index in [1.165, 1.54) is 6.07 Å². The third-order valence-electron chi connectivity index (χ3n) is 4.02. The molecule has 0 saturated carbocycles. The van der Waals surface area contributed by atoms with E-state index in [4.69, 9.17) is 11.6 Å². The summed E-state index contributed by atoms with van der Waals surface area (Å²) < 4.78 is 0. The standard InChI is InChI=1S/C16H20ClN7O3/c1-8(2)24(5-6-25)16-19-14(11-15(20-16)22-23-21-11)18-7-9-3-4-10(17)13(27)12(9)26/h3-4,8,25-27H,5-7H2,1-2H3,(H2,18,19,20,21,22,23). The van der Waals surface area contributed by atoms with Gasteiger partial charge >= 0.3 is 0 Å². The van der Waals surface area contributed by atoms with Crippen LogP contribution in [0.1, 0.15) is 19.4 Å². The van der Waals surface area contributed by atoms with Gasteiger partial charge in [-0.1, -0.05) is 17.7 Å². The molecule has 0 amide bonds. The summed E-state index contributed by atoms with van der Waals surface area (Å²) in [6.07, 6.45) is 0. The van der Waals surface area contributed by atoms with Gasteiger partial charge in [-0.3, -0.25) is 0 Å². The molecule has 0 aliphatic heterocycles. The Morgan fingerprint density at radius 3 is 2.67 bits per heavy atom. The van der Waals surface area contributed by atoms with E-state index in [2.05, 4.69) is 30.7 Å². The van der Waals surface area contributed by atoms with Gasteiger partial charge in [0.15, 0.2) is 22.8 Å². The van der Waals surface area contributed by atoms with Crippen molar-refractivity contribution in [3.8, 4) is 11.5 Å². The van der Waals surface area contributed by atoms with Crippen molar-refractivity contribution >= 4 is 34.5 Å². The highest BCUT2D eigenvalue weighted by Gasteiger charge is 2.19. The van der Waals surface area contributed by atoms with E-state index in [0.29, 0.717) is 35.0 Å². The molecule has 5 N–H and O–H groups in total. The molecule has 0 aliphatic rings. The maximum absolute atomic E-state index is 10.0. The van der Waals surface area contributed by atoms with Crippen molar-refractivity contribution in [2.45, 2.75) is 26.4 Å². The molecule has 1 aromatic carbocycles.